The molecule has 0 aromatic carbocycles. The fourth-order valence-corrected chi connectivity index (χ4v) is 3.35. The first kappa shape index (κ1) is 16.8. The third kappa shape index (κ3) is 3.50. The van der Waals surface area contributed by atoms with E-state index in [0.29, 0.717) is 31.2 Å². The Morgan fingerprint density at radius 2 is 2.19 bits per heavy atom. The van der Waals surface area contributed by atoms with Crippen LogP contribution in [0.3, 0.4) is 0 Å². The number of rotatable bonds is 5. The number of hydrogen-bond acceptors (Lipinski definition) is 6. The lowest BCUT2D eigenvalue weighted by molar-refractivity contribution is -0.0138. The molecule has 1 aliphatic heterocycles. The summed E-state index contributed by atoms with van der Waals surface area (Å²) in [4.78, 5) is 3.86. The van der Waals surface area contributed by atoms with Crippen LogP contribution in [-0.2, 0) is 24.6 Å². The maximum absolute atomic E-state index is 13.2. The van der Waals surface area contributed by atoms with Crippen molar-refractivity contribution in [2.24, 2.45) is 7.05 Å². The van der Waals surface area contributed by atoms with Gasteiger partial charge in [-0.2, -0.15) is 5.10 Å². The number of aryl methyl sites for hydroxylation is 3. The van der Waals surface area contributed by atoms with Crippen molar-refractivity contribution in [1.29, 1.82) is 0 Å². The lowest BCUT2D eigenvalue weighted by Crippen LogP contribution is -2.23. The van der Waals surface area contributed by atoms with E-state index in [4.69, 9.17) is 9.15 Å². The summed E-state index contributed by atoms with van der Waals surface area (Å²) in [7, 11) is 1.90. The average Bonchev–Trinajstić information content (AvgIpc) is 3.29. The van der Waals surface area contributed by atoms with E-state index in [1.54, 1.807) is 12.4 Å². The Morgan fingerprint density at radius 1 is 1.27 bits per heavy atom. The van der Waals surface area contributed by atoms with Crippen LogP contribution in [0.15, 0.2) is 35.1 Å². The number of hydrogen-bond donors (Lipinski definition) is 0. The number of aromatic nitrogens is 5. The topological polar surface area (TPSA) is 78.9 Å². The Labute approximate surface area is 150 Å². The molecule has 1 aliphatic rings. The maximum atomic E-state index is 13.2. The van der Waals surface area contributed by atoms with Crippen molar-refractivity contribution < 1.29 is 13.5 Å². The van der Waals surface area contributed by atoms with E-state index in [1.165, 1.54) is 12.3 Å². The van der Waals surface area contributed by atoms with Crippen LogP contribution >= 0.6 is 0 Å². The van der Waals surface area contributed by atoms with Crippen LogP contribution in [0.1, 0.15) is 47.9 Å². The van der Waals surface area contributed by atoms with Crippen LogP contribution in [0.25, 0.3) is 0 Å². The first-order valence-corrected chi connectivity index (χ1v) is 8.72. The third-order valence-corrected chi connectivity index (χ3v) is 4.66. The van der Waals surface area contributed by atoms with Gasteiger partial charge in [0, 0.05) is 32.5 Å². The van der Waals surface area contributed by atoms with Gasteiger partial charge >= 0.3 is 0 Å². The van der Waals surface area contributed by atoms with Crippen molar-refractivity contribution in [3.63, 3.8) is 0 Å². The summed E-state index contributed by atoms with van der Waals surface area (Å²) in [5, 5.41) is 12.6. The zero-order valence-corrected chi connectivity index (χ0v) is 14.5. The van der Waals surface area contributed by atoms with Gasteiger partial charge in [-0.1, -0.05) is 0 Å². The molecule has 0 aliphatic carbocycles. The molecule has 7 nitrogen and oxygen atoms in total. The van der Waals surface area contributed by atoms with Gasteiger partial charge in [0.15, 0.2) is 0 Å². The zero-order valence-electron chi connectivity index (χ0n) is 14.5. The summed E-state index contributed by atoms with van der Waals surface area (Å²) >= 11 is 0. The highest BCUT2D eigenvalue weighted by Crippen LogP contribution is 2.39. The van der Waals surface area contributed by atoms with Gasteiger partial charge in [0.05, 0.1) is 17.8 Å². The highest BCUT2D eigenvalue weighted by molar-refractivity contribution is 5.13. The summed E-state index contributed by atoms with van der Waals surface area (Å²) in [5.74, 6) is 0.796. The molecule has 1 fully saturated rings. The van der Waals surface area contributed by atoms with Gasteiger partial charge in [0.2, 0.25) is 11.8 Å². The second-order valence-electron chi connectivity index (χ2n) is 6.47. The Hall–Kier alpha value is -2.61. The van der Waals surface area contributed by atoms with Crippen LogP contribution < -0.4 is 0 Å². The van der Waals surface area contributed by atoms with Gasteiger partial charge in [0.1, 0.15) is 11.9 Å². The highest BCUT2D eigenvalue weighted by atomic mass is 19.1. The van der Waals surface area contributed by atoms with E-state index in [-0.39, 0.29) is 17.8 Å². The van der Waals surface area contributed by atoms with Gasteiger partial charge in [0.25, 0.3) is 0 Å². The van der Waals surface area contributed by atoms with E-state index >= 15 is 0 Å². The van der Waals surface area contributed by atoms with Crippen molar-refractivity contribution >= 4 is 0 Å². The largest absolute Gasteiger partial charge is 0.425 e. The van der Waals surface area contributed by atoms with Gasteiger partial charge in [-0.15, -0.1) is 10.2 Å². The molecule has 2 atom stereocenters. The fourth-order valence-electron chi connectivity index (χ4n) is 3.35. The van der Waals surface area contributed by atoms with Gasteiger partial charge < -0.3 is 9.15 Å². The Balaban J connectivity index is 1.48. The molecule has 0 N–H and O–H groups in total. The molecule has 0 bridgehead atoms. The van der Waals surface area contributed by atoms with E-state index in [2.05, 4.69) is 20.3 Å². The first-order valence-electron chi connectivity index (χ1n) is 8.72. The minimum atomic E-state index is -0.341. The highest BCUT2D eigenvalue weighted by Gasteiger charge is 2.34. The Bertz CT molecular complexity index is 878. The summed E-state index contributed by atoms with van der Waals surface area (Å²) in [6.45, 7) is 0.708. The fraction of sp³-hybridized carbons (Fsp3) is 0.444. The molecular formula is C18H20FN5O2. The third-order valence-electron chi connectivity index (χ3n) is 4.66. The minimum absolute atomic E-state index is 0.0104. The average molecular weight is 357 g/mol. The van der Waals surface area contributed by atoms with Crippen LogP contribution in [0.5, 0.6) is 0 Å². The normalized spacial score (nSPS) is 20.4. The van der Waals surface area contributed by atoms with Crippen molar-refractivity contribution in [1.82, 2.24) is 25.0 Å². The molecule has 0 radical (unpaired) electrons. The van der Waals surface area contributed by atoms with E-state index in [0.717, 1.165) is 24.1 Å². The SMILES string of the molecule is Cn1nccc1[C@@H]1OCCC[C@H]1c1nnc(CCc2cncc(F)c2)o1. The number of nitrogens with zero attached hydrogens (tertiary/aromatic N) is 5. The molecule has 4 rings (SSSR count). The predicted molar refractivity (Wildman–Crippen MR) is 89.8 cm³/mol. The smallest absolute Gasteiger partial charge is 0.222 e. The van der Waals surface area contributed by atoms with Crippen molar-refractivity contribution in [3.8, 4) is 0 Å². The molecule has 0 spiro atoms. The molecule has 0 amide bonds. The standard InChI is InChI=1S/C18H20FN5O2/c1-24-15(6-7-21-24)17-14(3-2-8-25-17)18-23-22-16(26-18)5-4-12-9-13(19)11-20-10-12/h6-7,9-11,14,17H,2-5,8H2,1H3/t14-,17-/m1/s1. The van der Waals surface area contributed by atoms with E-state index in [9.17, 15) is 4.39 Å². The van der Waals surface area contributed by atoms with Crippen molar-refractivity contribution in [3.05, 3.63) is 59.6 Å². The minimum Gasteiger partial charge on any atom is -0.425 e. The maximum Gasteiger partial charge on any atom is 0.222 e. The quantitative estimate of drug-likeness (QED) is 0.699. The van der Waals surface area contributed by atoms with Gasteiger partial charge in [-0.3, -0.25) is 9.67 Å². The molecule has 0 unspecified atom stereocenters. The Morgan fingerprint density at radius 3 is 3.00 bits per heavy atom. The lowest BCUT2D eigenvalue weighted by atomic mass is 9.92. The van der Waals surface area contributed by atoms with Crippen molar-refractivity contribution in [2.75, 3.05) is 6.61 Å². The van der Waals surface area contributed by atoms with E-state index < -0.39 is 0 Å². The molecule has 1 saturated heterocycles. The van der Waals surface area contributed by atoms with Gasteiger partial charge in [-0.25, -0.2) is 4.39 Å². The molecule has 8 heteroatoms. The van der Waals surface area contributed by atoms with Crippen LogP contribution in [-0.4, -0.2) is 31.6 Å². The first-order chi connectivity index (χ1) is 12.7. The summed E-state index contributed by atoms with van der Waals surface area (Å²) in [6, 6.07) is 3.43. The zero-order chi connectivity index (χ0) is 17.9. The second-order valence-corrected chi connectivity index (χ2v) is 6.47. The molecule has 3 aromatic rings. The molecule has 26 heavy (non-hydrogen) atoms. The van der Waals surface area contributed by atoms with Crippen LogP contribution in [0, 0.1) is 5.82 Å². The number of pyridine rings is 1. The number of ether oxygens (including phenoxy) is 1. The molecule has 4 heterocycles. The van der Waals surface area contributed by atoms with Crippen LogP contribution in [0.2, 0.25) is 0 Å². The Kier molecular flexibility index (Phi) is 4.75. The molecule has 0 saturated carbocycles. The van der Waals surface area contributed by atoms with E-state index in [1.807, 2.05) is 17.8 Å². The number of halogens is 1. The molecule has 136 valence electrons. The summed E-state index contributed by atoms with van der Waals surface area (Å²) in [6.07, 6.45) is 7.47. The van der Waals surface area contributed by atoms with Crippen LogP contribution in [0.4, 0.5) is 4.39 Å². The second kappa shape index (κ2) is 7.33. The van der Waals surface area contributed by atoms with Crippen molar-refractivity contribution in [2.45, 2.75) is 37.7 Å². The lowest BCUT2D eigenvalue weighted by Gasteiger charge is -2.29. The predicted octanol–water partition coefficient (Wildman–Crippen LogP) is 2.76. The monoisotopic (exact) mass is 357 g/mol. The summed E-state index contributed by atoms with van der Waals surface area (Å²) < 4.78 is 26.9. The van der Waals surface area contributed by atoms with Gasteiger partial charge in [-0.05, 0) is 37.0 Å². The molecule has 3 aromatic heterocycles. The molecular weight excluding hydrogens is 337 g/mol. The summed E-state index contributed by atoms with van der Waals surface area (Å²) in [5.41, 5.74) is 1.80.